The van der Waals surface area contributed by atoms with Gasteiger partial charge in [0, 0.05) is 10.6 Å². The van der Waals surface area contributed by atoms with Crippen LogP contribution in [-0.4, -0.2) is 6.03 Å². The maximum absolute atomic E-state index is 12.3. The molecule has 116 valence electrons. The average molecular weight is 322 g/mol. The van der Waals surface area contributed by atoms with E-state index in [9.17, 15) is 4.79 Å². The molecule has 0 bridgehead atoms. The summed E-state index contributed by atoms with van der Waals surface area (Å²) in [6, 6.07) is 21.4. The molecule has 3 aromatic rings. The van der Waals surface area contributed by atoms with Crippen LogP contribution in [0.15, 0.2) is 72.1 Å². The number of hydrogen-bond donors (Lipinski definition) is 2. The Balaban J connectivity index is 1.79. The van der Waals surface area contributed by atoms with Crippen LogP contribution in [0.5, 0.6) is 0 Å². The minimum atomic E-state index is -0.213. The summed E-state index contributed by atoms with van der Waals surface area (Å²) < 4.78 is 0. The van der Waals surface area contributed by atoms with Crippen LogP contribution in [0.2, 0.25) is 0 Å². The summed E-state index contributed by atoms with van der Waals surface area (Å²) in [5, 5.41) is 7.96. The smallest absolute Gasteiger partial charge is 0.320 e. The van der Waals surface area contributed by atoms with Crippen molar-refractivity contribution in [1.29, 1.82) is 0 Å². The van der Waals surface area contributed by atoms with Crippen molar-refractivity contribution in [1.82, 2.24) is 5.32 Å². The van der Waals surface area contributed by atoms with E-state index < -0.39 is 0 Å². The van der Waals surface area contributed by atoms with Crippen LogP contribution >= 0.6 is 11.3 Å². The van der Waals surface area contributed by atoms with Gasteiger partial charge in [-0.1, -0.05) is 54.1 Å². The number of amides is 2. The zero-order valence-corrected chi connectivity index (χ0v) is 13.6. The Morgan fingerprint density at radius 1 is 0.957 bits per heavy atom. The van der Waals surface area contributed by atoms with Crippen LogP contribution in [0.3, 0.4) is 0 Å². The second-order valence-corrected chi connectivity index (χ2v) is 6.30. The molecule has 3 nitrogen and oxygen atoms in total. The van der Waals surface area contributed by atoms with Crippen molar-refractivity contribution in [2.24, 2.45) is 0 Å². The summed E-state index contributed by atoms with van der Waals surface area (Å²) >= 11 is 1.64. The molecule has 1 heterocycles. The number of thiophene rings is 1. The van der Waals surface area contributed by atoms with E-state index in [4.69, 9.17) is 0 Å². The third-order valence-electron chi connectivity index (χ3n) is 3.55. The number of aryl methyl sites for hydroxylation is 1. The van der Waals surface area contributed by atoms with Gasteiger partial charge in [-0.2, -0.15) is 0 Å². The van der Waals surface area contributed by atoms with Crippen molar-refractivity contribution in [3.63, 3.8) is 0 Å². The summed E-state index contributed by atoms with van der Waals surface area (Å²) in [6.45, 7) is 2.06. The van der Waals surface area contributed by atoms with Crippen molar-refractivity contribution in [3.8, 4) is 0 Å². The normalized spacial score (nSPS) is 11.7. The molecule has 2 aromatic carbocycles. The first-order valence-electron chi connectivity index (χ1n) is 7.45. The number of rotatable bonds is 4. The quantitative estimate of drug-likeness (QED) is 0.700. The fourth-order valence-electron chi connectivity index (χ4n) is 2.35. The molecule has 3 rings (SSSR count). The Hall–Kier alpha value is -2.59. The topological polar surface area (TPSA) is 41.1 Å². The first-order valence-corrected chi connectivity index (χ1v) is 8.33. The van der Waals surface area contributed by atoms with Crippen molar-refractivity contribution >= 4 is 23.1 Å². The molecule has 2 amide bonds. The van der Waals surface area contributed by atoms with Gasteiger partial charge in [-0.25, -0.2) is 4.79 Å². The average Bonchev–Trinajstić information content (AvgIpc) is 3.09. The van der Waals surface area contributed by atoms with Gasteiger partial charge in [-0.15, -0.1) is 11.3 Å². The van der Waals surface area contributed by atoms with Gasteiger partial charge >= 0.3 is 6.03 Å². The minimum Gasteiger partial charge on any atom is -0.326 e. The summed E-state index contributed by atoms with van der Waals surface area (Å²) in [6.07, 6.45) is 0. The van der Waals surface area contributed by atoms with Crippen LogP contribution < -0.4 is 10.6 Å². The van der Waals surface area contributed by atoms with E-state index in [0.29, 0.717) is 0 Å². The Morgan fingerprint density at radius 3 is 2.35 bits per heavy atom. The third-order valence-corrected chi connectivity index (χ3v) is 4.48. The molecule has 0 aliphatic carbocycles. The molecule has 0 radical (unpaired) electrons. The fraction of sp³-hybridized carbons (Fsp3) is 0.105. The Kier molecular flexibility index (Phi) is 4.74. The highest BCUT2D eigenvalue weighted by molar-refractivity contribution is 7.10. The van der Waals surface area contributed by atoms with Crippen LogP contribution in [0.4, 0.5) is 10.5 Å². The van der Waals surface area contributed by atoms with E-state index in [2.05, 4.69) is 41.8 Å². The molecule has 1 unspecified atom stereocenters. The molecule has 0 fully saturated rings. The van der Waals surface area contributed by atoms with E-state index in [1.54, 1.807) is 11.3 Å². The van der Waals surface area contributed by atoms with Gasteiger partial charge in [0.15, 0.2) is 0 Å². The largest absolute Gasteiger partial charge is 0.326 e. The monoisotopic (exact) mass is 322 g/mol. The lowest BCUT2D eigenvalue weighted by molar-refractivity contribution is 0.250. The van der Waals surface area contributed by atoms with Gasteiger partial charge < -0.3 is 10.6 Å². The predicted octanol–water partition coefficient (Wildman–Crippen LogP) is 4.97. The highest BCUT2D eigenvalue weighted by Gasteiger charge is 2.17. The Bertz CT molecular complexity index is 752. The third kappa shape index (κ3) is 3.99. The molecule has 0 saturated heterocycles. The molecule has 0 aliphatic rings. The number of anilines is 1. The standard InChI is InChI=1S/C19H18N2OS/c1-14-9-11-15(12-10-14)18(17-8-5-13-23-17)21-19(22)20-16-6-3-2-4-7-16/h2-13,18H,1H3,(H2,20,21,22). The maximum atomic E-state index is 12.3. The van der Waals surface area contributed by atoms with Gasteiger partial charge in [0.05, 0.1) is 6.04 Å². The highest BCUT2D eigenvalue weighted by Crippen LogP contribution is 2.26. The van der Waals surface area contributed by atoms with Gasteiger partial charge in [0.25, 0.3) is 0 Å². The fourth-order valence-corrected chi connectivity index (χ4v) is 3.16. The molecule has 4 heteroatoms. The van der Waals surface area contributed by atoms with Crippen LogP contribution in [-0.2, 0) is 0 Å². The van der Waals surface area contributed by atoms with E-state index in [-0.39, 0.29) is 12.1 Å². The zero-order chi connectivity index (χ0) is 16.1. The van der Waals surface area contributed by atoms with Crippen LogP contribution in [0.1, 0.15) is 22.0 Å². The highest BCUT2D eigenvalue weighted by atomic mass is 32.1. The second-order valence-electron chi connectivity index (χ2n) is 5.32. The van der Waals surface area contributed by atoms with Crippen molar-refractivity contribution in [2.75, 3.05) is 5.32 Å². The predicted molar refractivity (Wildman–Crippen MR) is 95.9 cm³/mol. The summed E-state index contributed by atoms with van der Waals surface area (Å²) in [4.78, 5) is 13.4. The molecule has 1 atom stereocenters. The van der Waals surface area contributed by atoms with Crippen LogP contribution in [0.25, 0.3) is 0 Å². The van der Waals surface area contributed by atoms with E-state index in [1.165, 1.54) is 5.56 Å². The number of hydrogen-bond acceptors (Lipinski definition) is 2. The number of nitrogens with one attached hydrogen (secondary N) is 2. The lowest BCUT2D eigenvalue weighted by atomic mass is 10.0. The Labute approximate surface area is 140 Å². The summed E-state index contributed by atoms with van der Waals surface area (Å²) in [7, 11) is 0. The summed E-state index contributed by atoms with van der Waals surface area (Å²) in [5.74, 6) is 0. The molecule has 23 heavy (non-hydrogen) atoms. The van der Waals surface area contributed by atoms with E-state index in [1.807, 2.05) is 47.8 Å². The van der Waals surface area contributed by atoms with Crippen LogP contribution in [0, 0.1) is 6.92 Å². The molecule has 0 saturated carbocycles. The molecular formula is C19H18N2OS. The maximum Gasteiger partial charge on any atom is 0.320 e. The van der Waals surface area contributed by atoms with Crippen molar-refractivity contribution < 1.29 is 4.79 Å². The molecule has 0 aliphatic heterocycles. The number of carbonyl (C=O) groups excluding carboxylic acids is 1. The number of para-hydroxylation sites is 1. The van der Waals surface area contributed by atoms with Crippen molar-refractivity contribution in [3.05, 3.63) is 88.1 Å². The minimum absolute atomic E-state index is 0.153. The number of carbonyl (C=O) groups is 1. The van der Waals surface area contributed by atoms with Crippen molar-refractivity contribution in [2.45, 2.75) is 13.0 Å². The number of benzene rings is 2. The Morgan fingerprint density at radius 2 is 1.70 bits per heavy atom. The number of urea groups is 1. The van der Waals surface area contributed by atoms with Gasteiger partial charge in [0.2, 0.25) is 0 Å². The van der Waals surface area contributed by atoms with E-state index in [0.717, 1.165) is 16.1 Å². The van der Waals surface area contributed by atoms with Gasteiger partial charge in [0.1, 0.15) is 0 Å². The lowest BCUT2D eigenvalue weighted by Gasteiger charge is -2.19. The van der Waals surface area contributed by atoms with E-state index >= 15 is 0 Å². The molecular weight excluding hydrogens is 304 g/mol. The van der Waals surface area contributed by atoms with Gasteiger partial charge in [-0.3, -0.25) is 0 Å². The molecule has 0 spiro atoms. The SMILES string of the molecule is Cc1ccc(C(NC(=O)Nc2ccccc2)c2cccs2)cc1. The second kappa shape index (κ2) is 7.11. The zero-order valence-electron chi connectivity index (χ0n) is 12.8. The molecule has 1 aromatic heterocycles. The first kappa shape index (κ1) is 15.3. The molecule has 2 N–H and O–H groups in total. The first-order chi connectivity index (χ1) is 11.2. The van der Waals surface area contributed by atoms with Gasteiger partial charge in [-0.05, 0) is 36.1 Å². The summed E-state index contributed by atoms with van der Waals surface area (Å²) in [5.41, 5.74) is 3.05. The lowest BCUT2D eigenvalue weighted by Crippen LogP contribution is -2.32.